The minimum absolute atomic E-state index is 0.533. The van der Waals surface area contributed by atoms with Crippen molar-refractivity contribution >= 4 is 17.8 Å². The summed E-state index contributed by atoms with van der Waals surface area (Å²) in [5.41, 5.74) is 2.89. The van der Waals surface area contributed by atoms with Crippen molar-refractivity contribution in [2.75, 3.05) is 38.2 Å². The van der Waals surface area contributed by atoms with E-state index in [1.807, 2.05) is 6.92 Å². The number of methoxy groups -OCH3 is 1. The highest BCUT2D eigenvalue weighted by molar-refractivity contribution is 5.73. The van der Waals surface area contributed by atoms with E-state index in [0.717, 1.165) is 36.9 Å². The second kappa shape index (κ2) is 14.3. The van der Waals surface area contributed by atoms with E-state index in [0.29, 0.717) is 5.41 Å². The van der Waals surface area contributed by atoms with Gasteiger partial charge in [-0.05, 0) is 80.9 Å². The van der Waals surface area contributed by atoms with Gasteiger partial charge < -0.3 is 19.8 Å². The lowest BCUT2D eigenvalue weighted by atomic mass is 9.71. The van der Waals surface area contributed by atoms with Crippen LogP contribution in [-0.2, 0) is 16.1 Å². The normalized spacial score (nSPS) is 17.0. The number of halogens is 6. The van der Waals surface area contributed by atoms with E-state index >= 15 is 0 Å². The molecule has 0 bridgehead atoms. The molecule has 1 spiro atoms. The number of alkyl halides is 6. The number of hydrogen-bond acceptors (Lipinski definition) is 7. The lowest BCUT2D eigenvalue weighted by molar-refractivity contribution is -0.193. The first-order chi connectivity index (χ1) is 19.0. The number of ether oxygens (including phenoxy) is 1. The molecule has 9 nitrogen and oxygen atoms in total. The Labute approximate surface area is 232 Å². The molecule has 0 atom stereocenters. The number of benzene rings is 1. The van der Waals surface area contributed by atoms with E-state index in [9.17, 15) is 26.3 Å². The fourth-order valence-corrected chi connectivity index (χ4v) is 4.45. The van der Waals surface area contributed by atoms with E-state index in [2.05, 4.69) is 56.4 Å². The number of carboxylic acid groups (broad SMARTS) is 2. The van der Waals surface area contributed by atoms with Crippen LogP contribution in [0.4, 0.5) is 32.2 Å². The Morgan fingerprint density at radius 3 is 1.68 bits per heavy atom. The Morgan fingerprint density at radius 1 is 0.829 bits per heavy atom. The quantitative estimate of drug-likeness (QED) is 0.475. The maximum atomic E-state index is 10.6. The summed E-state index contributed by atoms with van der Waals surface area (Å²) in [6, 6.07) is 12.7. The Hall–Kier alpha value is -3.62. The lowest BCUT2D eigenvalue weighted by Crippen LogP contribution is -2.46. The van der Waals surface area contributed by atoms with Gasteiger partial charge in [-0.25, -0.2) is 9.59 Å². The van der Waals surface area contributed by atoms with Crippen LogP contribution in [0.2, 0.25) is 0 Å². The van der Waals surface area contributed by atoms with Gasteiger partial charge in [-0.3, -0.25) is 4.90 Å². The zero-order valence-corrected chi connectivity index (χ0v) is 22.5. The second-order valence-corrected chi connectivity index (χ2v) is 9.75. The fourth-order valence-electron chi connectivity index (χ4n) is 4.45. The number of piperidine rings is 2. The van der Waals surface area contributed by atoms with Crippen molar-refractivity contribution in [1.82, 2.24) is 15.1 Å². The number of aryl methyl sites for hydroxylation is 1. The smallest absolute Gasteiger partial charge is 0.490 e. The summed E-state index contributed by atoms with van der Waals surface area (Å²) in [5, 5.41) is 22.8. The molecule has 2 aliphatic heterocycles. The molecular weight excluding hydrogens is 562 g/mol. The van der Waals surface area contributed by atoms with Crippen molar-refractivity contribution in [2.24, 2.45) is 5.41 Å². The molecule has 0 aliphatic carbocycles. The summed E-state index contributed by atoms with van der Waals surface area (Å²) in [5.74, 6) is -3.55. The number of rotatable bonds is 4. The third kappa shape index (κ3) is 11.1. The molecule has 2 aromatic rings. The fraction of sp³-hybridized carbons (Fsp3) is 0.538. The molecule has 1 aromatic carbocycles. The summed E-state index contributed by atoms with van der Waals surface area (Å²) >= 11 is 0. The van der Waals surface area contributed by atoms with Crippen LogP contribution in [0.5, 0.6) is 5.75 Å². The molecule has 0 unspecified atom stereocenters. The van der Waals surface area contributed by atoms with Gasteiger partial charge in [0.15, 0.2) is 5.82 Å². The number of carboxylic acids is 2. The molecule has 228 valence electrons. The van der Waals surface area contributed by atoms with Gasteiger partial charge in [0.1, 0.15) is 5.75 Å². The second-order valence-electron chi connectivity index (χ2n) is 9.75. The monoisotopic (exact) mass is 594 g/mol. The van der Waals surface area contributed by atoms with Gasteiger partial charge in [0, 0.05) is 19.6 Å². The maximum Gasteiger partial charge on any atom is 0.490 e. The van der Waals surface area contributed by atoms with Crippen molar-refractivity contribution in [3.8, 4) is 5.75 Å². The molecule has 0 radical (unpaired) electrons. The van der Waals surface area contributed by atoms with Crippen LogP contribution in [0.15, 0.2) is 36.4 Å². The van der Waals surface area contributed by atoms with Crippen molar-refractivity contribution in [2.45, 2.75) is 51.5 Å². The average Bonchev–Trinajstić information content (AvgIpc) is 2.91. The first-order valence-corrected chi connectivity index (χ1v) is 12.6. The summed E-state index contributed by atoms with van der Waals surface area (Å²) in [4.78, 5) is 22.8. The summed E-state index contributed by atoms with van der Waals surface area (Å²) in [7, 11) is 1.72. The highest BCUT2D eigenvalue weighted by Gasteiger charge is 2.39. The van der Waals surface area contributed by atoms with Crippen LogP contribution >= 0.6 is 0 Å². The first-order valence-electron chi connectivity index (χ1n) is 12.6. The first kappa shape index (κ1) is 33.6. The maximum absolute atomic E-state index is 10.6. The zero-order valence-electron chi connectivity index (χ0n) is 22.5. The van der Waals surface area contributed by atoms with E-state index in [1.54, 1.807) is 7.11 Å². The SMILES string of the molecule is COc1ccc(CN2CCC3(CC2)CCN(c2ccc(C)nn2)CC3)cc1.O=C(O)C(F)(F)F.O=C(O)C(F)(F)F. The Balaban J connectivity index is 0.000000349. The average molecular weight is 595 g/mol. The minimum atomic E-state index is -5.08. The molecule has 2 N–H and O–H groups in total. The van der Waals surface area contributed by atoms with Gasteiger partial charge in [-0.2, -0.15) is 31.4 Å². The van der Waals surface area contributed by atoms with Crippen LogP contribution in [0.25, 0.3) is 0 Å². The van der Waals surface area contributed by atoms with E-state index in [4.69, 9.17) is 24.5 Å². The predicted octanol–water partition coefficient (Wildman–Crippen LogP) is 4.94. The van der Waals surface area contributed by atoms with Crippen molar-refractivity contribution in [1.29, 1.82) is 0 Å². The Kier molecular flexibility index (Phi) is 11.7. The standard InChI is InChI=1S/C22H30N4O.2C2HF3O2/c1-18-3-8-21(24-23-18)26-15-11-22(12-16-26)9-13-25(14-10-22)17-19-4-6-20(27-2)7-5-19;2*3-2(4,5)1(6)7/h3-8H,9-17H2,1-2H3;2*(H,6,7). The molecule has 4 rings (SSSR count). The Morgan fingerprint density at radius 2 is 1.29 bits per heavy atom. The molecule has 1 aromatic heterocycles. The summed E-state index contributed by atoms with van der Waals surface area (Å²) in [6.45, 7) is 7.66. The lowest BCUT2D eigenvalue weighted by Gasteiger charge is -2.47. The van der Waals surface area contributed by atoms with Gasteiger partial charge in [-0.1, -0.05) is 12.1 Å². The Bertz CT molecular complexity index is 1090. The zero-order chi connectivity index (χ0) is 30.8. The number of hydrogen-bond donors (Lipinski definition) is 2. The highest BCUT2D eigenvalue weighted by atomic mass is 19.4. The summed E-state index contributed by atoms with van der Waals surface area (Å²) < 4.78 is 68.7. The summed E-state index contributed by atoms with van der Waals surface area (Å²) in [6.07, 6.45) is -4.98. The van der Waals surface area contributed by atoms with Crippen molar-refractivity contribution in [3.63, 3.8) is 0 Å². The van der Waals surface area contributed by atoms with Crippen LogP contribution in [0.1, 0.15) is 36.9 Å². The van der Waals surface area contributed by atoms with Gasteiger partial charge in [-0.15, -0.1) is 5.10 Å². The molecular formula is C26H32F6N4O5. The van der Waals surface area contributed by atoms with Crippen LogP contribution in [-0.4, -0.2) is 82.9 Å². The van der Waals surface area contributed by atoms with Gasteiger partial charge in [0.2, 0.25) is 0 Å². The van der Waals surface area contributed by atoms with Crippen molar-refractivity contribution < 1.29 is 50.9 Å². The largest absolute Gasteiger partial charge is 0.497 e. The predicted molar refractivity (Wildman–Crippen MR) is 136 cm³/mol. The number of anilines is 1. The highest BCUT2D eigenvalue weighted by Crippen LogP contribution is 2.42. The molecule has 0 saturated carbocycles. The third-order valence-electron chi connectivity index (χ3n) is 6.90. The third-order valence-corrected chi connectivity index (χ3v) is 6.90. The van der Waals surface area contributed by atoms with Gasteiger partial charge >= 0.3 is 24.3 Å². The molecule has 2 saturated heterocycles. The van der Waals surface area contributed by atoms with Crippen molar-refractivity contribution in [3.05, 3.63) is 47.7 Å². The minimum Gasteiger partial charge on any atom is -0.497 e. The number of likely N-dealkylation sites (tertiary alicyclic amines) is 1. The van der Waals surface area contributed by atoms with E-state index in [-0.39, 0.29) is 0 Å². The van der Waals surface area contributed by atoms with Gasteiger partial charge in [0.25, 0.3) is 0 Å². The van der Waals surface area contributed by atoms with Crippen LogP contribution in [0, 0.1) is 12.3 Å². The number of nitrogens with zero attached hydrogens (tertiary/aromatic N) is 4. The number of carbonyl (C=O) groups is 2. The number of aliphatic carboxylic acids is 2. The molecule has 0 amide bonds. The number of aromatic nitrogens is 2. The van der Waals surface area contributed by atoms with Gasteiger partial charge in [0.05, 0.1) is 12.8 Å². The van der Waals surface area contributed by atoms with Crippen LogP contribution < -0.4 is 9.64 Å². The van der Waals surface area contributed by atoms with E-state index in [1.165, 1.54) is 44.3 Å². The molecule has 2 aliphatic rings. The molecule has 41 heavy (non-hydrogen) atoms. The van der Waals surface area contributed by atoms with E-state index < -0.39 is 24.3 Å². The molecule has 3 heterocycles. The molecule has 2 fully saturated rings. The molecule has 15 heteroatoms. The topological polar surface area (TPSA) is 116 Å². The van der Waals surface area contributed by atoms with Crippen LogP contribution in [0.3, 0.4) is 0 Å².